The summed E-state index contributed by atoms with van der Waals surface area (Å²) in [6.45, 7) is 6.91. The Bertz CT molecular complexity index is 599. The summed E-state index contributed by atoms with van der Waals surface area (Å²) >= 11 is 2.20. The third-order valence-electron chi connectivity index (χ3n) is 4.56. The molecule has 138 valence electrons. The van der Waals surface area contributed by atoms with Crippen molar-refractivity contribution >= 4 is 41.4 Å². The first-order valence-corrected chi connectivity index (χ1v) is 9.41. The minimum absolute atomic E-state index is 0.0250. The van der Waals surface area contributed by atoms with Crippen molar-refractivity contribution in [3.05, 3.63) is 15.6 Å². The molecule has 0 bridgehead atoms. The summed E-state index contributed by atoms with van der Waals surface area (Å²) in [7, 11) is 2.65. The number of piperazine rings is 1. The number of amides is 1. The van der Waals surface area contributed by atoms with Gasteiger partial charge in [0, 0.05) is 45.2 Å². The predicted molar refractivity (Wildman–Crippen MR) is 105 cm³/mol. The van der Waals surface area contributed by atoms with E-state index in [1.54, 1.807) is 20.2 Å². The summed E-state index contributed by atoms with van der Waals surface area (Å²) in [5.41, 5.74) is 0.992. The lowest BCUT2D eigenvalue weighted by Gasteiger charge is -2.37. The number of hydrogen-bond acceptors (Lipinski definition) is 7. The van der Waals surface area contributed by atoms with Crippen LogP contribution < -0.4 is 4.90 Å². The number of carbonyl (C=O) groups excluding carboxylic acids is 1. The molecule has 1 amide bonds. The van der Waals surface area contributed by atoms with Gasteiger partial charge in [-0.05, 0) is 35.3 Å². The maximum Gasteiger partial charge on any atom is 0.376 e. The van der Waals surface area contributed by atoms with E-state index in [9.17, 15) is 9.82 Å². The van der Waals surface area contributed by atoms with Crippen LogP contribution in [0.15, 0.2) is 6.33 Å². The molecule has 1 saturated heterocycles. The molecular formula is C15H25BIN5O3. The van der Waals surface area contributed by atoms with Crippen LogP contribution in [0, 0.1) is 3.70 Å². The van der Waals surface area contributed by atoms with Crippen LogP contribution in [0.4, 0.5) is 5.82 Å². The van der Waals surface area contributed by atoms with Gasteiger partial charge in [0.05, 0.1) is 7.11 Å². The average Bonchev–Trinajstić information content (AvgIpc) is 2.60. The first kappa shape index (κ1) is 20.3. The molecule has 1 fully saturated rings. The minimum atomic E-state index is -0.437. The predicted octanol–water partition coefficient (Wildman–Crippen LogP) is 0.827. The first-order chi connectivity index (χ1) is 11.8. The molecule has 25 heavy (non-hydrogen) atoms. The van der Waals surface area contributed by atoms with Crippen LogP contribution in [0.25, 0.3) is 0 Å². The molecule has 10 heteroatoms. The van der Waals surface area contributed by atoms with E-state index in [1.807, 2.05) is 11.7 Å². The van der Waals surface area contributed by atoms with E-state index in [0.29, 0.717) is 6.42 Å². The average molecular weight is 461 g/mol. The lowest BCUT2D eigenvalue weighted by Crippen LogP contribution is -2.52. The van der Waals surface area contributed by atoms with Gasteiger partial charge in [-0.3, -0.25) is 9.63 Å². The fraction of sp³-hybridized carbons (Fsp3) is 0.667. The SMILES string of the molecule is CON(C)C(=O)C[C@@H](C)c1c(I)ncnc1N1CCN(B(C)O)CC1. The summed E-state index contributed by atoms with van der Waals surface area (Å²) < 4.78 is 0.862. The number of halogens is 1. The molecule has 0 unspecified atom stereocenters. The number of carbonyl (C=O) groups is 1. The Morgan fingerprint density at radius 3 is 2.64 bits per heavy atom. The highest BCUT2D eigenvalue weighted by atomic mass is 127. The number of rotatable bonds is 6. The third-order valence-corrected chi connectivity index (χ3v) is 5.41. The van der Waals surface area contributed by atoms with Gasteiger partial charge < -0.3 is 14.7 Å². The zero-order valence-electron chi connectivity index (χ0n) is 15.1. The van der Waals surface area contributed by atoms with Crippen molar-refractivity contribution in [3.63, 3.8) is 0 Å². The third kappa shape index (κ3) is 5.02. The molecule has 1 aromatic rings. The quantitative estimate of drug-likeness (QED) is 0.291. The van der Waals surface area contributed by atoms with Crippen LogP contribution in [0.1, 0.15) is 24.8 Å². The minimum Gasteiger partial charge on any atom is -0.437 e. The summed E-state index contributed by atoms with van der Waals surface area (Å²) in [6, 6.07) is 0. The largest absolute Gasteiger partial charge is 0.437 e. The Morgan fingerprint density at radius 2 is 2.08 bits per heavy atom. The molecule has 0 aliphatic carbocycles. The van der Waals surface area contributed by atoms with Crippen LogP contribution >= 0.6 is 22.6 Å². The second-order valence-corrected chi connectivity index (χ2v) is 7.26. The molecule has 0 aromatic carbocycles. The van der Waals surface area contributed by atoms with Gasteiger partial charge in [-0.2, -0.15) is 0 Å². The topological polar surface area (TPSA) is 82.0 Å². The maximum atomic E-state index is 12.2. The van der Waals surface area contributed by atoms with E-state index >= 15 is 0 Å². The van der Waals surface area contributed by atoms with Gasteiger partial charge in [0.25, 0.3) is 0 Å². The lowest BCUT2D eigenvalue weighted by molar-refractivity contribution is -0.169. The monoisotopic (exact) mass is 461 g/mol. The molecule has 0 saturated carbocycles. The molecular weight excluding hydrogens is 436 g/mol. The molecule has 1 aliphatic heterocycles. The summed E-state index contributed by atoms with van der Waals surface area (Å²) in [5.74, 6) is 0.771. The Kier molecular flexibility index (Phi) is 7.41. The van der Waals surface area contributed by atoms with Gasteiger partial charge in [0.2, 0.25) is 5.91 Å². The van der Waals surface area contributed by atoms with Gasteiger partial charge in [-0.15, -0.1) is 0 Å². The number of nitrogens with zero attached hydrogens (tertiary/aromatic N) is 5. The molecule has 8 nitrogen and oxygen atoms in total. The van der Waals surface area contributed by atoms with Crippen LogP contribution in [-0.4, -0.2) is 78.2 Å². The van der Waals surface area contributed by atoms with Crippen molar-refractivity contribution in [2.45, 2.75) is 26.1 Å². The van der Waals surface area contributed by atoms with Crippen LogP contribution in [0.3, 0.4) is 0 Å². The van der Waals surface area contributed by atoms with Crippen molar-refractivity contribution < 1.29 is 14.7 Å². The van der Waals surface area contributed by atoms with Crippen molar-refractivity contribution in [1.82, 2.24) is 19.8 Å². The van der Waals surface area contributed by atoms with Gasteiger partial charge in [0.1, 0.15) is 15.8 Å². The summed E-state index contributed by atoms with van der Waals surface area (Å²) in [5, 5.41) is 11.0. The number of hydrogen-bond donors (Lipinski definition) is 1. The molecule has 0 spiro atoms. The molecule has 1 atom stereocenters. The zero-order chi connectivity index (χ0) is 18.6. The Morgan fingerprint density at radius 1 is 1.44 bits per heavy atom. The number of hydroxylamine groups is 2. The fourth-order valence-corrected chi connectivity index (χ4v) is 3.84. The first-order valence-electron chi connectivity index (χ1n) is 8.33. The van der Waals surface area contributed by atoms with E-state index in [0.717, 1.165) is 41.3 Å². The van der Waals surface area contributed by atoms with Crippen molar-refractivity contribution in [2.24, 2.45) is 0 Å². The van der Waals surface area contributed by atoms with Crippen LogP contribution in [0.2, 0.25) is 6.82 Å². The van der Waals surface area contributed by atoms with E-state index in [1.165, 1.54) is 12.2 Å². The van der Waals surface area contributed by atoms with Crippen molar-refractivity contribution in [1.29, 1.82) is 0 Å². The van der Waals surface area contributed by atoms with Gasteiger partial charge in [0.15, 0.2) is 0 Å². The Balaban J connectivity index is 2.18. The number of aromatic nitrogens is 2. The van der Waals surface area contributed by atoms with E-state index in [2.05, 4.69) is 37.5 Å². The van der Waals surface area contributed by atoms with Crippen molar-refractivity contribution in [2.75, 3.05) is 45.2 Å². The van der Waals surface area contributed by atoms with Gasteiger partial charge in [-0.1, -0.05) is 6.92 Å². The molecule has 1 aromatic heterocycles. The Hall–Kier alpha value is -0.975. The molecule has 1 N–H and O–H groups in total. The molecule has 2 rings (SSSR count). The van der Waals surface area contributed by atoms with Crippen molar-refractivity contribution in [3.8, 4) is 0 Å². The number of anilines is 1. The zero-order valence-corrected chi connectivity index (χ0v) is 17.3. The molecule has 2 heterocycles. The Labute approximate surface area is 162 Å². The maximum absolute atomic E-state index is 12.2. The van der Waals surface area contributed by atoms with Gasteiger partial charge >= 0.3 is 7.05 Å². The highest BCUT2D eigenvalue weighted by Gasteiger charge is 2.28. The second-order valence-electron chi connectivity index (χ2n) is 6.24. The van der Waals surface area contributed by atoms with Gasteiger partial charge in [-0.25, -0.2) is 15.0 Å². The summed E-state index contributed by atoms with van der Waals surface area (Å²) in [6.07, 6.45) is 1.89. The standard InChI is InChI=1S/C15H25BIN5O3/c1-11(9-12(23)20(3)25-4)13-14(17)18-10-19-15(13)21-5-7-22(8-6-21)16(2)24/h10-11,24H,5-9H2,1-4H3/t11-/m1/s1. The van der Waals surface area contributed by atoms with E-state index < -0.39 is 7.05 Å². The van der Waals surface area contributed by atoms with E-state index in [4.69, 9.17) is 4.84 Å². The van der Waals surface area contributed by atoms with Crippen LogP contribution in [0.5, 0.6) is 0 Å². The molecule has 0 radical (unpaired) electrons. The molecule has 1 aliphatic rings. The normalized spacial score (nSPS) is 16.6. The fourth-order valence-electron chi connectivity index (χ4n) is 2.94. The smallest absolute Gasteiger partial charge is 0.376 e. The van der Waals surface area contributed by atoms with E-state index in [-0.39, 0.29) is 11.8 Å². The highest BCUT2D eigenvalue weighted by molar-refractivity contribution is 14.1. The summed E-state index contributed by atoms with van der Waals surface area (Å²) in [4.78, 5) is 30.2. The lowest BCUT2D eigenvalue weighted by atomic mass is 9.84. The highest BCUT2D eigenvalue weighted by Crippen LogP contribution is 2.32. The van der Waals surface area contributed by atoms with Crippen LogP contribution in [-0.2, 0) is 9.63 Å². The second kappa shape index (κ2) is 9.10.